The fourth-order valence-corrected chi connectivity index (χ4v) is 3.82. The Hall–Kier alpha value is -4.05. The number of hydrogen-bond donors (Lipinski definition) is 3. The number of furan rings is 1. The van der Waals surface area contributed by atoms with E-state index < -0.39 is 0 Å². The molecular weight excluding hydrogens is 398 g/mol. The Bertz CT molecular complexity index is 1360. The Labute approximate surface area is 176 Å². The van der Waals surface area contributed by atoms with Gasteiger partial charge in [-0.2, -0.15) is 5.10 Å². The Morgan fingerprint density at radius 3 is 2.74 bits per heavy atom. The first-order chi connectivity index (χ1) is 15.3. The molecule has 3 N–H and O–H groups in total. The molecule has 1 fully saturated rings. The van der Waals surface area contributed by atoms with Crippen LogP contribution in [0.5, 0.6) is 5.88 Å². The largest absolute Gasteiger partial charge is 0.494 e. The number of morpholine rings is 1. The van der Waals surface area contributed by atoms with Crippen molar-refractivity contribution in [1.29, 1.82) is 0 Å². The topological polar surface area (TPSA) is 117 Å². The summed E-state index contributed by atoms with van der Waals surface area (Å²) >= 11 is 0. The molecule has 0 saturated carbocycles. The third-order valence-corrected chi connectivity index (χ3v) is 5.42. The number of aromatic hydroxyl groups is 1. The van der Waals surface area contributed by atoms with Crippen molar-refractivity contribution >= 4 is 33.8 Å². The molecule has 4 aromatic heterocycles. The number of fused-ring (bicyclic) bond motifs is 2. The van der Waals surface area contributed by atoms with Crippen LogP contribution < -0.4 is 10.2 Å². The van der Waals surface area contributed by atoms with Crippen molar-refractivity contribution in [3.05, 3.63) is 49.1 Å². The number of hydrogen-bond acceptors (Lipinski definition) is 8. The molecule has 1 aliphatic rings. The van der Waals surface area contributed by atoms with E-state index in [0.717, 1.165) is 32.0 Å². The molecule has 0 aliphatic carbocycles. The summed E-state index contributed by atoms with van der Waals surface area (Å²) in [6.45, 7) is 3.31. The van der Waals surface area contributed by atoms with Crippen molar-refractivity contribution in [2.45, 2.75) is 0 Å². The number of aromatic amines is 1. The van der Waals surface area contributed by atoms with Crippen LogP contribution in [0.3, 0.4) is 0 Å². The maximum Gasteiger partial charge on any atom is 0.199 e. The summed E-state index contributed by atoms with van der Waals surface area (Å²) in [5.74, 6) is 1.19. The highest BCUT2D eigenvalue weighted by Gasteiger charge is 2.17. The fraction of sp³-hybridized carbons (Fsp3) is 0.190. The molecule has 0 atom stereocenters. The highest BCUT2D eigenvalue weighted by Crippen LogP contribution is 2.33. The Morgan fingerprint density at radius 1 is 1.10 bits per heavy atom. The van der Waals surface area contributed by atoms with Gasteiger partial charge in [-0.25, -0.2) is 14.5 Å². The molecule has 1 aromatic carbocycles. The molecule has 6 rings (SSSR count). The second-order valence-electron chi connectivity index (χ2n) is 7.28. The van der Waals surface area contributed by atoms with Crippen LogP contribution in [0.1, 0.15) is 0 Å². The van der Waals surface area contributed by atoms with Gasteiger partial charge in [-0.3, -0.25) is 0 Å². The summed E-state index contributed by atoms with van der Waals surface area (Å²) in [4.78, 5) is 13.9. The number of aromatic nitrogens is 5. The molecular formula is C21H19N7O3. The van der Waals surface area contributed by atoms with Gasteiger partial charge in [0.15, 0.2) is 28.7 Å². The smallest absolute Gasteiger partial charge is 0.199 e. The summed E-state index contributed by atoms with van der Waals surface area (Å²) in [5.41, 5.74) is 3.84. The molecule has 5 aromatic rings. The van der Waals surface area contributed by atoms with Gasteiger partial charge in [0.2, 0.25) is 0 Å². The van der Waals surface area contributed by atoms with Crippen molar-refractivity contribution in [3.8, 4) is 17.3 Å². The Balaban J connectivity index is 1.30. The predicted octanol–water partition coefficient (Wildman–Crippen LogP) is 3.15. The zero-order valence-electron chi connectivity index (χ0n) is 16.4. The number of nitrogens with one attached hydrogen (secondary N) is 2. The van der Waals surface area contributed by atoms with Crippen LogP contribution in [-0.2, 0) is 4.74 Å². The molecule has 10 nitrogen and oxygen atoms in total. The highest BCUT2D eigenvalue weighted by atomic mass is 16.5. The van der Waals surface area contributed by atoms with Gasteiger partial charge in [0.1, 0.15) is 12.0 Å². The van der Waals surface area contributed by atoms with E-state index in [1.807, 2.05) is 12.1 Å². The molecule has 5 heterocycles. The summed E-state index contributed by atoms with van der Waals surface area (Å²) < 4.78 is 12.9. The van der Waals surface area contributed by atoms with Crippen molar-refractivity contribution in [3.63, 3.8) is 0 Å². The minimum absolute atomic E-state index is 0.0617. The maximum atomic E-state index is 9.87. The number of anilines is 3. The van der Waals surface area contributed by atoms with Crippen molar-refractivity contribution < 1.29 is 14.3 Å². The van der Waals surface area contributed by atoms with E-state index in [2.05, 4.69) is 42.4 Å². The van der Waals surface area contributed by atoms with Gasteiger partial charge in [0.25, 0.3) is 0 Å². The van der Waals surface area contributed by atoms with Crippen LogP contribution >= 0.6 is 0 Å². The van der Waals surface area contributed by atoms with Crippen LogP contribution in [0.25, 0.3) is 28.1 Å². The maximum absolute atomic E-state index is 9.87. The minimum Gasteiger partial charge on any atom is -0.494 e. The van der Waals surface area contributed by atoms with E-state index >= 15 is 0 Å². The summed E-state index contributed by atoms with van der Waals surface area (Å²) in [7, 11) is 0. The normalized spacial score (nSPS) is 14.5. The highest BCUT2D eigenvalue weighted by molar-refractivity contribution is 5.87. The van der Waals surface area contributed by atoms with E-state index in [0.29, 0.717) is 33.9 Å². The van der Waals surface area contributed by atoms with Gasteiger partial charge < -0.3 is 29.5 Å². The molecule has 1 saturated heterocycles. The first-order valence-electron chi connectivity index (χ1n) is 9.95. The fourth-order valence-electron chi connectivity index (χ4n) is 3.82. The molecule has 0 unspecified atom stereocenters. The van der Waals surface area contributed by atoms with Crippen molar-refractivity contribution in [2.75, 3.05) is 36.5 Å². The van der Waals surface area contributed by atoms with Crippen LogP contribution in [-0.4, -0.2) is 56.0 Å². The number of ether oxygens (including phenoxy) is 1. The zero-order valence-corrected chi connectivity index (χ0v) is 16.4. The third kappa shape index (κ3) is 3.04. The van der Waals surface area contributed by atoms with E-state index in [-0.39, 0.29) is 5.88 Å². The molecule has 0 radical (unpaired) electrons. The quantitative estimate of drug-likeness (QED) is 0.408. The predicted molar refractivity (Wildman–Crippen MR) is 115 cm³/mol. The van der Waals surface area contributed by atoms with Gasteiger partial charge in [0, 0.05) is 30.7 Å². The van der Waals surface area contributed by atoms with E-state index in [4.69, 9.17) is 9.15 Å². The lowest BCUT2D eigenvalue weighted by Crippen LogP contribution is -2.36. The molecule has 1 aliphatic heterocycles. The number of nitrogens with zero attached hydrogens (tertiary/aromatic N) is 5. The molecule has 0 bridgehead atoms. The standard InChI is InChI=1S/C21H19N7O3/c29-21-15-9-17(31-18(15)11-23-21)16-10-22-19(20-24-12-25-28(16)20)26-13-1-3-14(4-2-13)27-5-7-30-8-6-27/h1-4,9-12,23,29H,5-8H2,(H,22,26). The SMILES string of the molecule is Oc1[nH]cc2oc(-c3cnc(Nc4ccc(N5CCOCC5)cc4)c4ncnn34)cc12. The lowest BCUT2D eigenvalue weighted by atomic mass is 10.2. The monoisotopic (exact) mass is 417 g/mol. The van der Waals surface area contributed by atoms with Gasteiger partial charge in [0.05, 0.1) is 24.8 Å². The number of rotatable bonds is 4. The number of benzene rings is 1. The molecule has 156 valence electrons. The third-order valence-electron chi connectivity index (χ3n) is 5.42. The van der Waals surface area contributed by atoms with Crippen LogP contribution in [0.2, 0.25) is 0 Å². The molecule has 0 spiro atoms. The van der Waals surface area contributed by atoms with E-state index in [9.17, 15) is 5.11 Å². The second-order valence-corrected chi connectivity index (χ2v) is 7.28. The summed E-state index contributed by atoms with van der Waals surface area (Å²) in [6.07, 6.45) is 4.75. The van der Waals surface area contributed by atoms with E-state index in [1.54, 1.807) is 23.0 Å². The van der Waals surface area contributed by atoms with Gasteiger partial charge in [-0.15, -0.1) is 0 Å². The first kappa shape index (κ1) is 17.8. The van der Waals surface area contributed by atoms with Gasteiger partial charge >= 0.3 is 0 Å². The summed E-state index contributed by atoms with van der Waals surface area (Å²) in [5, 5.41) is 18.1. The zero-order chi connectivity index (χ0) is 20.8. The Kier molecular flexibility index (Phi) is 4.03. The average Bonchev–Trinajstić information content (AvgIpc) is 3.53. The summed E-state index contributed by atoms with van der Waals surface area (Å²) in [6, 6.07) is 9.95. The van der Waals surface area contributed by atoms with Crippen molar-refractivity contribution in [1.82, 2.24) is 24.6 Å². The van der Waals surface area contributed by atoms with Crippen LogP contribution in [0.15, 0.2) is 53.5 Å². The van der Waals surface area contributed by atoms with Gasteiger partial charge in [-0.05, 0) is 30.3 Å². The van der Waals surface area contributed by atoms with Crippen LogP contribution in [0, 0.1) is 0 Å². The molecule has 10 heteroatoms. The first-order valence-corrected chi connectivity index (χ1v) is 9.95. The average molecular weight is 417 g/mol. The van der Waals surface area contributed by atoms with Gasteiger partial charge in [-0.1, -0.05) is 0 Å². The lowest BCUT2D eigenvalue weighted by Gasteiger charge is -2.28. The Morgan fingerprint density at radius 2 is 1.94 bits per heavy atom. The van der Waals surface area contributed by atoms with Crippen molar-refractivity contribution in [2.24, 2.45) is 0 Å². The molecule has 31 heavy (non-hydrogen) atoms. The number of H-pyrrole nitrogens is 1. The molecule has 0 amide bonds. The van der Waals surface area contributed by atoms with Crippen LogP contribution in [0.4, 0.5) is 17.2 Å². The second kappa shape index (κ2) is 7.03. The van der Waals surface area contributed by atoms with E-state index in [1.165, 1.54) is 12.0 Å². The lowest BCUT2D eigenvalue weighted by molar-refractivity contribution is 0.122. The minimum atomic E-state index is 0.0617.